The normalized spacial score (nSPS) is 16.9. The molecule has 3 aromatic rings. The Labute approximate surface area is 157 Å². The van der Waals surface area contributed by atoms with Crippen LogP contribution in [0.4, 0.5) is 0 Å². The fraction of sp³-hybridized carbons (Fsp3) is 0.286. The molecule has 4 rings (SSSR count). The zero-order valence-electron chi connectivity index (χ0n) is 15.1. The number of likely N-dealkylation sites (tertiary alicyclic amines) is 1. The number of nitrogens with zero attached hydrogens (tertiary/aromatic N) is 2. The van der Waals surface area contributed by atoms with Crippen molar-refractivity contribution in [2.45, 2.75) is 26.4 Å². The molecule has 0 saturated carbocycles. The number of hydrogen-bond donors (Lipinski definition) is 1. The molecule has 0 aliphatic carbocycles. The summed E-state index contributed by atoms with van der Waals surface area (Å²) in [6, 6.07) is 13.4. The molecular weight excluding hydrogens is 342 g/mol. The van der Waals surface area contributed by atoms with Crippen molar-refractivity contribution < 1.29 is 14.0 Å². The third-order valence-corrected chi connectivity index (χ3v) is 5.03. The summed E-state index contributed by atoms with van der Waals surface area (Å²) in [4.78, 5) is 30.7. The van der Waals surface area contributed by atoms with Gasteiger partial charge in [0, 0.05) is 30.1 Å². The minimum absolute atomic E-state index is 0.0132. The van der Waals surface area contributed by atoms with Gasteiger partial charge in [-0.15, -0.1) is 0 Å². The molecule has 6 nitrogen and oxygen atoms in total. The first-order chi connectivity index (χ1) is 13.1. The minimum Gasteiger partial charge on any atom is -0.459 e. The van der Waals surface area contributed by atoms with E-state index in [1.165, 1.54) is 0 Å². The molecule has 0 bridgehead atoms. The van der Waals surface area contributed by atoms with Gasteiger partial charge in [0.15, 0.2) is 0 Å². The molecular formula is C21H21N3O3. The first-order valence-electron chi connectivity index (χ1n) is 9.04. The van der Waals surface area contributed by atoms with Crippen LogP contribution in [0.3, 0.4) is 0 Å². The SMILES string of the molecule is Cc1c(CNC(=O)[C@H]2CC(=O)N(Cc3ccccn3)C2)oc2ccccc12. The van der Waals surface area contributed by atoms with Crippen molar-refractivity contribution in [3.05, 3.63) is 65.7 Å². The van der Waals surface area contributed by atoms with Gasteiger partial charge >= 0.3 is 0 Å². The van der Waals surface area contributed by atoms with Crippen LogP contribution in [0, 0.1) is 12.8 Å². The van der Waals surface area contributed by atoms with Gasteiger partial charge in [-0.3, -0.25) is 14.6 Å². The number of pyridine rings is 1. The minimum atomic E-state index is -0.342. The number of rotatable bonds is 5. The summed E-state index contributed by atoms with van der Waals surface area (Å²) in [7, 11) is 0. The van der Waals surface area contributed by atoms with Crippen LogP contribution in [0.1, 0.15) is 23.4 Å². The number of hydrogen-bond acceptors (Lipinski definition) is 4. The number of para-hydroxylation sites is 1. The first kappa shape index (κ1) is 17.3. The predicted octanol–water partition coefficient (Wildman–Crippen LogP) is 2.80. The second-order valence-electron chi connectivity index (χ2n) is 6.86. The van der Waals surface area contributed by atoms with Crippen molar-refractivity contribution in [1.29, 1.82) is 0 Å². The number of amides is 2. The fourth-order valence-electron chi connectivity index (χ4n) is 3.49. The number of aromatic nitrogens is 1. The maximum Gasteiger partial charge on any atom is 0.225 e. The van der Waals surface area contributed by atoms with Crippen LogP contribution in [-0.4, -0.2) is 28.2 Å². The van der Waals surface area contributed by atoms with Gasteiger partial charge in [0.1, 0.15) is 11.3 Å². The molecule has 1 atom stereocenters. The standard InChI is InChI=1S/C21H21N3O3/c1-14-17-7-2-3-8-18(17)27-19(14)11-23-21(26)15-10-20(25)24(12-15)13-16-6-4-5-9-22-16/h2-9,15H,10-13H2,1H3,(H,23,26)/t15-/m0/s1. The average molecular weight is 363 g/mol. The molecule has 1 saturated heterocycles. The Bertz CT molecular complexity index is 981. The lowest BCUT2D eigenvalue weighted by Crippen LogP contribution is -2.32. The van der Waals surface area contributed by atoms with Crippen molar-refractivity contribution in [1.82, 2.24) is 15.2 Å². The summed E-state index contributed by atoms with van der Waals surface area (Å²) in [5.41, 5.74) is 2.67. The molecule has 0 spiro atoms. The van der Waals surface area contributed by atoms with E-state index in [0.29, 0.717) is 19.6 Å². The van der Waals surface area contributed by atoms with Crippen LogP contribution in [0.15, 0.2) is 53.1 Å². The lowest BCUT2D eigenvalue weighted by molar-refractivity contribution is -0.129. The summed E-state index contributed by atoms with van der Waals surface area (Å²) in [6.07, 6.45) is 1.94. The summed E-state index contributed by atoms with van der Waals surface area (Å²) in [5.74, 6) is 0.276. The summed E-state index contributed by atoms with van der Waals surface area (Å²) in [5, 5.41) is 3.98. The summed E-state index contributed by atoms with van der Waals surface area (Å²) in [6.45, 7) is 3.16. The molecule has 0 unspecified atom stereocenters. The van der Waals surface area contributed by atoms with Crippen molar-refractivity contribution in [2.75, 3.05) is 6.54 Å². The van der Waals surface area contributed by atoms with Crippen LogP contribution in [0.2, 0.25) is 0 Å². The monoisotopic (exact) mass is 363 g/mol. The molecule has 1 N–H and O–H groups in total. The predicted molar refractivity (Wildman–Crippen MR) is 101 cm³/mol. The number of carbonyl (C=O) groups is 2. The summed E-state index contributed by atoms with van der Waals surface area (Å²) >= 11 is 0. The first-order valence-corrected chi connectivity index (χ1v) is 9.04. The smallest absolute Gasteiger partial charge is 0.225 e. The third kappa shape index (κ3) is 3.56. The van der Waals surface area contributed by atoms with Crippen molar-refractivity contribution in [3.8, 4) is 0 Å². The lowest BCUT2D eigenvalue weighted by atomic mass is 10.1. The molecule has 138 valence electrons. The van der Waals surface area contributed by atoms with Gasteiger partial charge in [-0.2, -0.15) is 0 Å². The second kappa shape index (κ2) is 7.23. The Morgan fingerprint density at radius 3 is 2.85 bits per heavy atom. The van der Waals surface area contributed by atoms with Crippen LogP contribution in [-0.2, 0) is 22.7 Å². The summed E-state index contributed by atoms with van der Waals surface area (Å²) < 4.78 is 5.83. The molecule has 0 radical (unpaired) electrons. The molecule has 1 fully saturated rings. The quantitative estimate of drug-likeness (QED) is 0.756. The third-order valence-electron chi connectivity index (χ3n) is 5.03. The Balaban J connectivity index is 1.37. The van der Waals surface area contributed by atoms with E-state index in [9.17, 15) is 9.59 Å². The van der Waals surface area contributed by atoms with Gasteiger partial charge in [-0.25, -0.2) is 0 Å². The highest BCUT2D eigenvalue weighted by Gasteiger charge is 2.34. The van der Waals surface area contributed by atoms with E-state index in [1.807, 2.05) is 49.4 Å². The number of fused-ring (bicyclic) bond motifs is 1. The fourth-order valence-corrected chi connectivity index (χ4v) is 3.49. The molecule has 2 aromatic heterocycles. The highest BCUT2D eigenvalue weighted by molar-refractivity contribution is 5.89. The number of furan rings is 1. The van der Waals surface area contributed by atoms with Crippen molar-refractivity contribution >= 4 is 22.8 Å². The number of nitrogens with one attached hydrogen (secondary N) is 1. The van der Waals surface area contributed by atoms with Gasteiger partial charge < -0.3 is 14.6 Å². The van der Waals surface area contributed by atoms with E-state index in [2.05, 4.69) is 10.3 Å². The largest absolute Gasteiger partial charge is 0.459 e. The van der Waals surface area contributed by atoms with E-state index in [1.54, 1.807) is 11.1 Å². The van der Waals surface area contributed by atoms with E-state index in [-0.39, 0.29) is 24.2 Å². The maximum atomic E-state index is 12.5. The highest BCUT2D eigenvalue weighted by atomic mass is 16.3. The molecule has 2 amide bonds. The van der Waals surface area contributed by atoms with Gasteiger partial charge in [0.2, 0.25) is 11.8 Å². The lowest BCUT2D eigenvalue weighted by Gasteiger charge is -2.16. The topological polar surface area (TPSA) is 75.4 Å². The number of aryl methyl sites for hydroxylation is 1. The van der Waals surface area contributed by atoms with Crippen molar-refractivity contribution in [2.24, 2.45) is 5.92 Å². The van der Waals surface area contributed by atoms with E-state index < -0.39 is 0 Å². The van der Waals surface area contributed by atoms with E-state index in [4.69, 9.17) is 4.42 Å². The Hall–Kier alpha value is -3.15. The van der Waals surface area contributed by atoms with Crippen LogP contribution in [0.5, 0.6) is 0 Å². The molecule has 6 heteroatoms. The average Bonchev–Trinajstić information content (AvgIpc) is 3.21. The zero-order chi connectivity index (χ0) is 18.8. The van der Waals surface area contributed by atoms with E-state index in [0.717, 1.165) is 28.0 Å². The second-order valence-corrected chi connectivity index (χ2v) is 6.86. The molecule has 27 heavy (non-hydrogen) atoms. The Kier molecular flexibility index (Phi) is 4.62. The van der Waals surface area contributed by atoms with Gasteiger partial charge in [-0.1, -0.05) is 24.3 Å². The van der Waals surface area contributed by atoms with Crippen LogP contribution in [0.25, 0.3) is 11.0 Å². The molecule has 1 aliphatic heterocycles. The molecule has 3 heterocycles. The zero-order valence-corrected chi connectivity index (χ0v) is 15.1. The molecule has 1 aliphatic rings. The van der Waals surface area contributed by atoms with Crippen molar-refractivity contribution in [3.63, 3.8) is 0 Å². The van der Waals surface area contributed by atoms with Crippen LogP contribution < -0.4 is 5.32 Å². The number of carbonyl (C=O) groups excluding carboxylic acids is 2. The Morgan fingerprint density at radius 2 is 2.07 bits per heavy atom. The van der Waals surface area contributed by atoms with E-state index >= 15 is 0 Å². The molecule has 1 aromatic carbocycles. The van der Waals surface area contributed by atoms with Crippen LogP contribution >= 0.6 is 0 Å². The Morgan fingerprint density at radius 1 is 1.26 bits per heavy atom. The van der Waals surface area contributed by atoms with Gasteiger partial charge in [0.25, 0.3) is 0 Å². The maximum absolute atomic E-state index is 12.5. The highest BCUT2D eigenvalue weighted by Crippen LogP contribution is 2.25. The van der Waals surface area contributed by atoms with Gasteiger partial charge in [-0.05, 0) is 25.1 Å². The van der Waals surface area contributed by atoms with Gasteiger partial charge in [0.05, 0.1) is 24.7 Å². The number of benzene rings is 1.